The maximum Gasteiger partial charge on any atom is 0.257 e. The Labute approximate surface area is 195 Å². The highest BCUT2D eigenvalue weighted by molar-refractivity contribution is 7.98. The second-order valence-corrected chi connectivity index (χ2v) is 9.33. The highest BCUT2D eigenvalue weighted by atomic mass is 35.5. The molecule has 0 atom stereocenters. The number of rotatable bonds is 7. The van der Waals surface area contributed by atoms with E-state index in [4.69, 9.17) is 11.6 Å². The Kier molecular flexibility index (Phi) is 7.07. The molecule has 6 heteroatoms. The predicted molar refractivity (Wildman–Crippen MR) is 132 cm³/mol. The first-order valence-corrected chi connectivity index (χ1v) is 12.2. The van der Waals surface area contributed by atoms with Crippen LogP contribution in [-0.2, 0) is 12.2 Å². The summed E-state index contributed by atoms with van der Waals surface area (Å²) >= 11 is 9.09. The summed E-state index contributed by atoms with van der Waals surface area (Å²) in [5.41, 5.74) is 4.99. The summed E-state index contributed by atoms with van der Waals surface area (Å²) in [7, 11) is 0. The first kappa shape index (κ1) is 21.6. The Balaban J connectivity index is 1.35. The number of hydrogen-bond acceptors (Lipinski definition) is 4. The number of thioether (sulfide) groups is 1. The number of anilines is 1. The van der Waals surface area contributed by atoms with Crippen molar-refractivity contribution >= 4 is 45.7 Å². The molecule has 31 heavy (non-hydrogen) atoms. The van der Waals surface area contributed by atoms with E-state index in [0.717, 1.165) is 38.9 Å². The van der Waals surface area contributed by atoms with Crippen LogP contribution in [0, 0.1) is 0 Å². The molecule has 0 bridgehead atoms. The number of benzene rings is 3. The molecule has 4 rings (SSSR count). The second kappa shape index (κ2) is 10.1. The third kappa shape index (κ3) is 5.76. The van der Waals surface area contributed by atoms with Crippen molar-refractivity contribution in [3.05, 3.63) is 99.9 Å². The van der Waals surface area contributed by atoms with Gasteiger partial charge in [-0.3, -0.25) is 10.1 Å². The molecule has 1 aromatic heterocycles. The average Bonchev–Trinajstić information content (AvgIpc) is 3.27. The van der Waals surface area contributed by atoms with Gasteiger partial charge in [-0.2, -0.15) is 0 Å². The SMILES string of the molecule is CCc1ccc(-c2csc(NC(=O)c3ccc(CSc4ccc(Cl)cc4)cc3)n2)cc1. The zero-order valence-electron chi connectivity index (χ0n) is 17.0. The topological polar surface area (TPSA) is 42.0 Å². The Morgan fingerprint density at radius 3 is 2.32 bits per heavy atom. The van der Waals surface area contributed by atoms with E-state index in [0.29, 0.717) is 10.7 Å². The molecule has 156 valence electrons. The minimum Gasteiger partial charge on any atom is -0.298 e. The molecule has 4 aromatic rings. The van der Waals surface area contributed by atoms with Crippen molar-refractivity contribution in [1.82, 2.24) is 4.98 Å². The Morgan fingerprint density at radius 2 is 1.65 bits per heavy atom. The molecule has 0 aliphatic rings. The summed E-state index contributed by atoms with van der Waals surface area (Å²) in [5, 5.41) is 6.21. The fraction of sp³-hybridized carbons (Fsp3) is 0.120. The zero-order valence-corrected chi connectivity index (χ0v) is 19.4. The summed E-state index contributed by atoms with van der Waals surface area (Å²) in [6, 6.07) is 23.8. The van der Waals surface area contributed by atoms with Gasteiger partial charge in [0.15, 0.2) is 5.13 Å². The average molecular weight is 465 g/mol. The monoisotopic (exact) mass is 464 g/mol. The normalized spacial score (nSPS) is 10.8. The summed E-state index contributed by atoms with van der Waals surface area (Å²) in [4.78, 5) is 18.3. The zero-order chi connectivity index (χ0) is 21.6. The summed E-state index contributed by atoms with van der Waals surface area (Å²) in [5.74, 6) is 0.676. The number of carbonyl (C=O) groups is 1. The molecule has 3 nitrogen and oxygen atoms in total. The van der Waals surface area contributed by atoms with Crippen LogP contribution in [0.2, 0.25) is 5.02 Å². The number of amides is 1. The van der Waals surface area contributed by atoms with Gasteiger partial charge in [0, 0.05) is 32.2 Å². The number of halogens is 1. The highest BCUT2D eigenvalue weighted by Crippen LogP contribution is 2.26. The summed E-state index contributed by atoms with van der Waals surface area (Å²) < 4.78 is 0. The summed E-state index contributed by atoms with van der Waals surface area (Å²) in [6.45, 7) is 2.14. The van der Waals surface area contributed by atoms with Crippen molar-refractivity contribution < 1.29 is 4.79 Å². The number of nitrogens with zero attached hydrogens (tertiary/aromatic N) is 1. The molecule has 0 radical (unpaired) electrons. The third-order valence-corrected chi connectivity index (χ3v) is 6.91. The van der Waals surface area contributed by atoms with Crippen LogP contribution in [0.4, 0.5) is 5.13 Å². The van der Waals surface area contributed by atoms with E-state index in [1.54, 1.807) is 11.8 Å². The molecule has 1 N–H and O–H groups in total. The van der Waals surface area contributed by atoms with Crippen LogP contribution in [0.15, 0.2) is 83.1 Å². The second-order valence-electron chi connectivity index (χ2n) is 6.98. The Bertz CT molecular complexity index is 1150. The molecule has 0 aliphatic heterocycles. The van der Waals surface area contributed by atoms with Gasteiger partial charge in [-0.15, -0.1) is 23.1 Å². The van der Waals surface area contributed by atoms with Gasteiger partial charge in [0.2, 0.25) is 0 Å². The highest BCUT2D eigenvalue weighted by Gasteiger charge is 2.10. The van der Waals surface area contributed by atoms with Crippen LogP contribution in [0.1, 0.15) is 28.4 Å². The maximum atomic E-state index is 12.6. The van der Waals surface area contributed by atoms with E-state index >= 15 is 0 Å². The molecule has 0 aliphatic carbocycles. The molecule has 0 spiro atoms. The molecule has 0 saturated carbocycles. The van der Waals surface area contributed by atoms with Gasteiger partial charge in [0.05, 0.1) is 5.69 Å². The van der Waals surface area contributed by atoms with Gasteiger partial charge < -0.3 is 0 Å². The smallest absolute Gasteiger partial charge is 0.257 e. The van der Waals surface area contributed by atoms with Crippen LogP contribution in [0.25, 0.3) is 11.3 Å². The van der Waals surface area contributed by atoms with Gasteiger partial charge in [0.1, 0.15) is 0 Å². The molecule has 3 aromatic carbocycles. The van der Waals surface area contributed by atoms with E-state index in [-0.39, 0.29) is 5.91 Å². The Morgan fingerprint density at radius 1 is 0.968 bits per heavy atom. The lowest BCUT2D eigenvalue weighted by atomic mass is 10.1. The maximum absolute atomic E-state index is 12.6. The standard InChI is InChI=1S/C25H21ClN2OS2/c1-2-17-3-7-19(8-4-17)23-16-31-25(27-23)28-24(29)20-9-5-18(6-10-20)15-30-22-13-11-21(26)12-14-22/h3-14,16H,2,15H2,1H3,(H,27,28,29). The number of aromatic nitrogens is 1. The van der Waals surface area contributed by atoms with Crippen molar-refractivity contribution in [3.63, 3.8) is 0 Å². The largest absolute Gasteiger partial charge is 0.298 e. The molecular weight excluding hydrogens is 444 g/mol. The fourth-order valence-corrected chi connectivity index (χ4v) is 4.69. The van der Waals surface area contributed by atoms with Crippen LogP contribution in [0.3, 0.4) is 0 Å². The van der Waals surface area contributed by atoms with Crippen molar-refractivity contribution in [2.45, 2.75) is 24.0 Å². The number of carbonyl (C=O) groups excluding carboxylic acids is 1. The van der Waals surface area contributed by atoms with Crippen LogP contribution in [-0.4, -0.2) is 10.9 Å². The minimum atomic E-state index is -0.154. The van der Waals surface area contributed by atoms with Crippen LogP contribution >= 0.6 is 34.7 Å². The van der Waals surface area contributed by atoms with E-state index in [2.05, 4.69) is 41.5 Å². The van der Waals surface area contributed by atoms with Gasteiger partial charge in [-0.25, -0.2) is 4.98 Å². The van der Waals surface area contributed by atoms with Crippen molar-refractivity contribution in [1.29, 1.82) is 0 Å². The molecular formula is C25H21ClN2OS2. The first-order valence-electron chi connectivity index (χ1n) is 9.94. The molecule has 0 unspecified atom stereocenters. The number of hydrogen-bond donors (Lipinski definition) is 1. The lowest BCUT2D eigenvalue weighted by Crippen LogP contribution is -2.11. The molecule has 1 amide bonds. The van der Waals surface area contributed by atoms with Gasteiger partial charge in [0.25, 0.3) is 5.91 Å². The van der Waals surface area contributed by atoms with Crippen molar-refractivity contribution in [3.8, 4) is 11.3 Å². The van der Waals surface area contributed by atoms with Gasteiger partial charge >= 0.3 is 0 Å². The van der Waals surface area contributed by atoms with Crippen LogP contribution < -0.4 is 5.32 Å². The van der Waals surface area contributed by atoms with Crippen molar-refractivity contribution in [2.24, 2.45) is 0 Å². The molecule has 1 heterocycles. The Hall–Kier alpha value is -2.60. The number of nitrogens with one attached hydrogen (secondary N) is 1. The minimum absolute atomic E-state index is 0.154. The molecule has 0 saturated heterocycles. The predicted octanol–water partition coefficient (Wildman–Crippen LogP) is 7.57. The number of aryl methyl sites for hydroxylation is 1. The van der Waals surface area contributed by atoms with E-state index < -0.39 is 0 Å². The third-order valence-electron chi connectivity index (χ3n) is 4.82. The van der Waals surface area contributed by atoms with E-state index in [9.17, 15) is 4.79 Å². The quantitative estimate of drug-likeness (QED) is 0.287. The lowest BCUT2D eigenvalue weighted by molar-refractivity contribution is 0.102. The van der Waals surface area contributed by atoms with Crippen LogP contribution in [0.5, 0.6) is 0 Å². The molecule has 0 fully saturated rings. The summed E-state index contributed by atoms with van der Waals surface area (Å²) in [6.07, 6.45) is 1.01. The lowest BCUT2D eigenvalue weighted by Gasteiger charge is -2.05. The van der Waals surface area contributed by atoms with E-state index in [1.165, 1.54) is 16.9 Å². The fourth-order valence-electron chi connectivity index (χ4n) is 2.99. The van der Waals surface area contributed by atoms with Gasteiger partial charge in [-0.05, 0) is 53.9 Å². The van der Waals surface area contributed by atoms with Crippen molar-refractivity contribution in [2.75, 3.05) is 5.32 Å². The first-order chi connectivity index (χ1) is 15.1. The van der Waals surface area contributed by atoms with Gasteiger partial charge in [-0.1, -0.05) is 54.9 Å². The number of thiazole rings is 1. The van der Waals surface area contributed by atoms with E-state index in [1.807, 2.05) is 53.9 Å².